The van der Waals surface area contributed by atoms with Crippen LogP contribution in [0.4, 0.5) is 0 Å². The molecule has 0 bridgehead atoms. The Morgan fingerprint density at radius 3 is 2.48 bits per heavy atom. The van der Waals surface area contributed by atoms with E-state index in [1.54, 1.807) is 19.1 Å². The predicted octanol–water partition coefficient (Wildman–Crippen LogP) is 5.55. The Hall–Kier alpha value is -3.28. The Kier molecular flexibility index (Phi) is 6.45. The van der Waals surface area contributed by atoms with Crippen molar-refractivity contribution in [2.24, 2.45) is 0 Å². The van der Waals surface area contributed by atoms with Gasteiger partial charge in [0.2, 0.25) is 5.76 Å². The van der Waals surface area contributed by atoms with Gasteiger partial charge in [-0.15, -0.1) is 0 Å². The zero-order valence-electron chi connectivity index (χ0n) is 20.0. The second-order valence-electron chi connectivity index (χ2n) is 8.74. The predicted molar refractivity (Wildman–Crippen MR) is 129 cm³/mol. The minimum atomic E-state index is -0.553. The molecule has 1 amide bonds. The Labute approximate surface area is 194 Å². The molecule has 174 valence electrons. The fraction of sp³-hybridized carbons (Fsp3) is 0.407. The topological polar surface area (TPSA) is 69.0 Å². The first-order valence-corrected chi connectivity index (χ1v) is 11.5. The van der Waals surface area contributed by atoms with E-state index in [1.807, 2.05) is 44.2 Å². The number of hydrogen-bond acceptors (Lipinski definition) is 5. The molecule has 1 aromatic heterocycles. The van der Waals surface area contributed by atoms with E-state index in [0.717, 1.165) is 29.5 Å². The van der Waals surface area contributed by atoms with Crippen LogP contribution in [0.15, 0.2) is 39.5 Å². The molecule has 0 saturated heterocycles. The third-order valence-electron chi connectivity index (χ3n) is 6.48. The molecule has 0 aliphatic carbocycles. The van der Waals surface area contributed by atoms with Crippen LogP contribution in [-0.2, 0) is 0 Å². The average Bonchev–Trinajstić information content (AvgIpc) is 3.06. The number of carbonyl (C=O) groups is 1. The van der Waals surface area contributed by atoms with E-state index < -0.39 is 6.04 Å². The van der Waals surface area contributed by atoms with E-state index in [9.17, 15) is 9.59 Å². The van der Waals surface area contributed by atoms with Crippen molar-refractivity contribution in [2.75, 3.05) is 20.8 Å². The van der Waals surface area contributed by atoms with Gasteiger partial charge in [-0.2, -0.15) is 0 Å². The highest BCUT2D eigenvalue weighted by molar-refractivity contribution is 5.99. The third kappa shape index (κ3) is 4.10. The largest absolute Gasteiger partial charge is 0.493 e. The van der Waals surface area contributed by atoms with Crippen molar-refractivity contribution in [2.45, 2.75) is 52.5 Å². The number of hydrogen-bond donors (Lipinski definition) is 0. The van der Waals surface area contributed by atoms with Gasteiger partial charge in [-0.25, -0.2) is 0 Å². The van der Waals surface area contributed by atoms with E-state index in [1.165, 1.54) is 12.8 Å². The van der Waals surface area contributed by atoms with Crippen LogP contribution in [0.2, 0.25) is 0 Å². The average molecular weight is 450 g/mol. The molecule has 0 N–H and O–H groups in total. The summed E-state index contributed by atoms with van der Waals surface area (Å²) in [6.07, 6.45) is 4.48. The molecule has 1 unspecified atom stereocenters. The second-order valence-corrected chi connectivity index (χ2v) is 8.74. The molecule has 1 aliphatic heterocycles. The molecule has 0 fully saturated rings. The van der Waals surface area contributed by atoms with Gasteiger partial charge in [0.1, 0.15) is 5.58 Å². The van der Waals surface area contributed by atoms with Crippen molar-refractivity contribution in [3.8, 4) is 11.5 Å². The molecule has 2 heterocycles. The number of fused-ring (bicyclic) bond motifs is 2. The monoisotopic (exact) mass is 449 g/mol. The summed E-state index contributed by atoms with van der Waals surface area (Å²) in [5, 5.41) is 0.490. The summed E-state index contributed by atoms with van der Waals surface area (Å²) in [6, 6.07) is 8.68. The van der Waals surface area contributed by atoms with Gasteiger partial charge < -0.3 is 18.8 Å². The van der Waals surface area contributed by atoms with Gasteiger partial charge in [0.15, 0.2) is 16.9 Å². The first-order valence-electron chi connectivity index (χ1n) is 11.5. The molecule has 6 nitrogen and oxygen atoms in total. The number of benzene rings is 2. The molecular weight excluding hydrogens is 418 g/mol. The minimum Gasteiger partial charge on any atom is -0.493 e. The molecule has 0 spiro atoms. The summed E-state index contributed by atoms with van der Waals surface area (Å²) in [5.74, 6) is 1.04. The first kappa shape index (κ1) is 22.9. The molecule has 1 atom stereocenters. The SMILES string of the molecule is CCCCCCOc1ccc(C2c3c(oc4cc(C)c(C)cc4c3=O)C(=O)N2C)cc1OC. The zero-order chi connectivity index (χ0) is 23.7. The van der Waals surface area contributed by atoms with Crippen molar-refractivity contribution < 1.29 is 18.7 Å². The van der Waals surface area contributed by atoms with E-state index in [-0.39, 0.29) is 17.1 Å². The zero-order valence-corrected chi connectivity index (χ0v) is 20.0. The van der Waals surface area contributed by atoms with Crippen LogP contribution in [-0.4, -0.2) is 31.6 Å². The van der Waals surface area contributed by atoms with Crippen LogP contribution in [0.1, 0.15) is 71.5 Å². The summed E-state index contributed by atoms with van der Waals surface area (Å²) < 4.78 is 17.5. The lowest BCUT2D eigenvalue weighted by Crippen LogP contribution is -2.25. The second kappa shape index (κ2) is 9.30. The first-order chi connectivity index (χ1) is 15.9. The van der Waals surface area contributed by atoms with Crippen LogP contribution in [0.3, 0.4) is 0 Å². The quantitative estimate of drug-likeness (QED) is 0.422. The maximum Gasteiger partial charge on any atom is 0.290 e. The van der Waals surface area contributed by atoms with Gasteiger partial charge >= 0.3 is 0 Å². The van der Waals surface area contributed by atoms with E-state index in [2.05, 4.69) is 6.92 Å². The van der Waals surface area contributed by atoms with Gasteiger partial charge in [0.05, 0.1) is 30.7 Å². The molecule has 0 radical (unpaired) electrons. The Morgan fingerprint density at radius 1 is 1.00 bits per heavy atom. The molecular formula is C27H31NO5. The number of ether oxygens (including phenoxy) is 2. The minimum absolute atomic E-state index is 0.110. The number of methoxy groups -OCH3 is 1. The number of aryl methyl sites for hydroxylation is 2. The highest BCUT2D eigenvalue weighted by atomic mass is 16.5. The number of nitrogens with zero attached hydrogens (tertiary/aromatic N) is 1. The lowest BCUT2D eigenvalue weighted by molar-refractivity contribution is 0.0771. The molecule has 2 aromatic carbocycles. The highest BCUT2D eigenvalue weighted by Gasteiger charge is 2.41. The fourth-order valence-corrected chi connectivity index (χ4v) is 4.42. The van der Waals surface area contributed by atoms with E-state index in [4.69, 9.17) is 13.9 Å². The lowest BCUT2D eigenvalue weighted by atomic mass is 9.97. The van der Waals surface area contributed by atoms with E-state index in [0.29, 0.717) is 34.6 Å². The summed E-state index contributed by atoms with van der Waals surface area (Å²) in [6.45, 7) is 6.71. The summed E-state index contributed by atoms with van der Waals surface area (Å²) in [5.41, 5.74) is 3.42. The van der Waals surface area contributed by atoms with Crippen molar-refractivity contribution >= 4 is 16.9 Å². The summed E-state index contributed by atoms with van der Waals surface area (Å²) in [7, 11) is 3.28. The van der Waals surface area contributed by atoms with Gasteiger partial charge in [0, 0.05) is 7.05 Å². The van der Waals surface area contributed by atoms with Gasteiger partial charge in [-0.05, 0) is 61.2 Å². The smallest absolute Gasteiger partial charge is 0.290 e. The lowest BCUT2D eigenvalue weighted by Gasteiger charge is -2.21. The van der Waals surface area contributed by atoms with Crippen molar-refractivity contribution in [1.82, 2.24) is 4.90 Å². The maximum absolute atomic E-state index is 13.5. The standard InChI is InChI=1S/C27H31NO5/c1-6-7-8-9-12-32-20-11-10-18(15-22(20)31-5)24-23-25(29)19-13-16(2)17(3)14-21(19)33-26(23)27(30)28(24)4/h10-11,13-15,24H,6-9,12H2,1-5H3. The van der Waals surface area contributed by atoms with Gasteiger partial charge in [0.25, 0.3) is 5.91 Å². The fourth-order valence-electron chi connectivity index (χ4n) is 4.42. The molecule has 0 saturated carbocycles. The van der Waals surface area contributed by atoms with Gasteiger partial charge in [-0.1, -0.05) is 32.3 Å². The van der Waals surface area contributed by atoms with Crippen LogP contribution >= 0.6 is 0 Å². The Balaban J connectivity index is 1.73. The molecule has 1 aliphatic rings. The van der Waals surface area contributed by atoms with Crippen LogP contribution in [0, 0.1) is 13.8 Å². The van der Waals surface area contributed by atoms with Crippen LogP contribution in [0.25, 0.3) is 11.0 Å². The van der Waals surface area contributed by atoms with Crippen molar-refractivity contribution in [3.63, 3.8) is 0 Å². The van der Waals surface area contributed by atoms with Crippen molar-refractivity contribution in [3.05, 3.63) is 68.6 Å². The molecule has 6 heteroatoms. The number of unbranched alkanes of at least 4 members (excludes halogenated alkanes) is 3. The molecule has 33 heavy (non-hydrogen) atoms. The summed E-state index contributed by atoms with van der Waals surface area (Å²) >= 11 is 0. The normalized spacial score (nSPS) is 15.2. The maximum atomic E-state index is 13.5. The number of amides is 1. The molecule has 4 rings (SSSR count). The highest BCUT2D eigenvalue weighted by Crippen LogP contribution is 2.40. The molecule has 3 aromatic rings. The van der Waals surface area contributed by atoms with Crippen LogP contribution < -0.4 is 14.9 Å². The van der Waals surface area contributed by atoms with E-state index >= 15 is 0 Å². The Morgan fingerprint density at radius 2 is 1.76 bits per heavy atom. The van der Waals surface area contributed by atoms with Crippen molar-refractivity contribution in [1.29, 1.82) is 0 Å². The van der Waals surface area contributed by atoms with Crippen LogP contribution in [0.5, 0.6) is 11.5 Å². The summed E-state index contributed by atoms with van der Waals surface area (Å²) in [4.78, 5) is 28.1. The third-order valence-corrected chi connectivity index (χ3v) is 6.48. The van der Waals surface area contributed by atoms with Gasteiger partial charge in [-0.3, -0.25) is 9.59 Å². The number of carbonyl (C=O) groups excluding carboxylic acids is 1. The number of rotatable bonds is 8. The Bertz CT molecular complexity index is 1260.